The zero-order valence-corrected chi connectivity index (χ0v) is 24.1. The fourth-order valence-corrected chi connectivity index (χ4v) is 7.38. The molecule has 4 aliphatic rings. The van der Waals surface area contributed by atoms with E-state index in [2.05, 4.69) is 11.4 Å². The zero-order chi connectivity index (χ0) is 22.1. The number of allylic oxidation sites excluding steroid dienone is 1. The third-order valence-corrected chi connectivity index (χ3v) is 9.07. The van der Waals surface area contributed by atoms with Crippen LogP contribution in [0.4, 0.5) is 0 Å². The second-order valence-corrected chi connectivity index (χ2v) is 11.1. The van der Waals surface area contributed by atoms with Crippen molar-refractivity contribution in [3.05, 3.63) is 11.6 Å². The fraction of sp³-hybridized carbons (Fsp3) is 0.762. The Morgan fingerprint density at radius 2 is 1.84 bits per heavy atom. The number of aliphatic hydroxyl groups is 1. The van der Waals surface area contributed by atoms with E-state index in [1.165, 1.54) is 0 Å². The monoisotopic (exact) mass is 484 g/mol. The first-order chi connectivity index (χ1) is 13.8. The molecule has 0 radical (unpaired) electrons. The van der Waals surface area contributed by atoms with Crippen LogP contribution in [-0.4, -0.2) is 34.7 Å². The number of ketones is 3. The molecule has 3 fully saturated rings. The van der Waals surface area contributed by atoms with E-state index >= 15 is 0 Å². The summed E-state index contributed by atoms with van der Waals surface area (Å²) in [5.41, 5.74) is -2.28. The number of fused-ring (bicyclic) bond motifs is 5. The van der Waals surface area contributed by atoms with E-state index in [4.69, 9.17) is 0 Å². The van der Waals surface area contributed by atoms with Crippen molar-refractivity contribution in [1.82, 2.24) is 0 Å². The van der Waals surface area contributed by atoms with Crippen molar-refractivity contribution in [2.45, 2.75) is 64.4 Å². The van der Waals surface area contributed by atoms with Crippen molar-refractivity contribution in [2.24, 2.45) is 28.6 Å². The molecule has 0 spiro atoms. The van der Waals surface area contributed by atoms with E-state index in [0.29, 0.717) is 32.1 Å². The van der Waals surface area contributed by atoms with Gasteiger partial charge in [-0.25, -0.2) is 0 Å². The number of phosphoric acid groups is 1. The number of hydrogen-bond acceptors (Lipinski definition) is 8. The number of Topliss-reactive ketones (excluding diaryl/α,β-unsaturated/α-hetero) is 2. The van der Waals surface area contributed by atoms with Gasteiger partial charge in [0.25, 0.3) is 0 Å². The Balaban J connectivity index is 0.00000181. The van der Waals surface area contributed by atoms with Gasteiger partial charge in [0.15, 0.2) is 11.6 Å². The minimum Gasteiger partial charge on any atom is -0.790 e. The minimum absolute atomic E-state index is 0. The van der Waals surface area contributed by atoms with E-state index in [1.54, 1.807) is 13.0 Å². The van der Waals surface area contributed by atoms with Crippen molar-refractivity contribution in [3.63, 3.8) is 0 Å². The van der Waals surface area contributed by atoms with E-state index in [0.717, 1.165) is 5.57 Å². The van der Waals surface area contributed by atoms with Gasteiger partial charge in [0, 0.05) is 24.2 Å². The molecule has 0 bridgehead atoms. The van der Waals surface area contributed by atoms with Crippen LogP contribution in [0.1, 0.15) is 58.8 Å². The van der Waals surface area contributed by atoms with Gasteiger partial charge in [-0.3, -0.25) is 14.4 Å². The second kappa shape index (κ2) is 9.70. The van der Waals surface area contributed by atoms with E-state index in [9.17, 15) is 33.8 Å². The largest absolute Gasteiger partial charge is 1.00 e. The molecule has 166 valence electrons. The maximum Gasteiger partial charge on any atom is 1.00 e. The van der Waals surface area contributed by atoms with E-state index in [-0.39, 0.29) is 107 Å². The Bertz CT molecular complexity index is 900. The molecule has 6 atom stereocenters. The normalized spacial score (nSPS) is 40.8. The third kappa shape index (κ3) is 4.53. The zero-order valence-electron chi connectivity index (χ0n) is 19.2. The molecule has 1 N–H and O–H groups in total. The average Bonchev–Trinajstić information content (AvgIpc) is 2.91. The SMILES string of the molecule is C[C@]12CCC(=O)C=C1CC[C@@H]1[C@@H]2C(=O)C[C@@]2(C)[C@H]1CC[C@]2(O)C(=O)COP(=O)([O-])[O-].[Na+].[Na+]. The maximum absolute atomic E-state index is 13.4. The van der Waals surface area contributed by atoms with Crippen molar-refractivity contribution in [3.8, 4) is 0 Å². The molecule has 0 unspecified atom stereocenters. The summed E-state index contributed by atoms with van der Waals surface area (Å²) in [6, 6.07) is 0. The molecule has 0 aliphatic heterocycles. The van der Waals surface area contributed by atoms with Gasteiger partial charge >= 0.3 is 59.1 Å². The van der Waals surface area contributed by atoms with Crippen LogP contribution in [0.15, 0.2) is 11.6 Å². The smallest absolute Gasteiger partial charge is 0.790 e. The summed E-state index contributed by atoms with van der Waals surface area (Å²) in [7, 11) is -5.35. The van der Waals surface area contributed by atoms with Gasteiger partial charge < -0.3 is 24.0 Å². The van der Waals surface area contributed by atoms with Gasteiger partial charge in [-0.2, -0.15) is 0 Å². The second-order valence-electron chi connectivity index (χ2n) is 9.94. The van der Waals surface area contributed by atoms with Gasteiger partial charge in [0.1, 0.15) is 18.0 Å². The van der Waals surface area contributed by atoms with Gasteiger partial charge in [0.2, 0.25) is 0 Å². The summed E-state index contributed by atoms with van der Waals surface area (Å²) >= 11 is 0. The Hall–Kier alpha value is 0.820. The molecule has 0 aromatic heterocycles. The first-order valence-corrected chi connectivity index (χ1v) is 12.0. The molecule has 11 heteroatoms. The van der Waals surface area contributed by atoms with Crippen molar-refractivity contribution >= 4 is 25.2 Å². The third-order valence-electron chi connectivity index (χ3n) is 8.62. The van der Waals surface area contributed by atoms with Crippen LogP contribution < -0.4 is 68.9 Å². The minimum atomic E-state index is -5.35. The van der Waals surface area contributed by atoms with Crippen LogP contribution in [0.2, 0.25) is 0 Å². The average molecular weight is 484 g/mol. The predicted molar refractivity (Wildman–Crippen MR) is 101 cm³/mol. The molecule has 4 rings (SSSR count). The summed E-state index contributed by atoms with van der Waals surface area (Å²) in [5.74, 6) is -1.13. The molecule has 0 aromatic carbocycles. The standard InChI is InChI=1S/C21H29O8P.2Na/c1-19-7-5-13(22)9-12(19)3-4-14-15-6-8-21(25,17(24)11-29-30(26,27)28)20(15,2)10-16(23)18(14)19;;/h9,14-15,18,25H,3-8,10-11H2,1-2H3,(H2,26,27,28);;/q;2*+1/p-2/t14-,15-,18+,19-,20-,21-;;/m0../s1. The van der Waals surface area contributed by atoms with Crippen molar-refractivity contribution in [2.75, 3.05) is 6.61 Å². The molecule has 0 aromatic rings. The summed E-state index contributed by atoms with van der Waals surface area (Å²) in [4.78, 5) is 59.7. The molecule has 0 heterocycles. The summed E-state index contributed by atoms with van der Waals surface area (Å²) in [6.45, 7) is 2.77. The van der Waals surface area contributed by atoms with Crippen LogP contribution in [-0.2, 0) is 23.5 Å². The summed E-state index contributed by atoms with van der Waals surface area (Å²) in [5, 5.41) is 11.3. The number of phosphoric ester groups is 1. The van der Waals surface area contributed by atoms with E-state index in [1.807, 2.05) is 0 Å². The molecule has 0 amide bonds. The number of rotatable bonds is 4. The fourth-order valence-electron chi connectivity index (χ4n) is 7.10. The number of carbonyl (C=O) groups excluding carboxylic acids is 3. The van der Waals surface area contributed by atoms with Gasteiger partial charge in [-0.05, 0) is 55.4 Å². The molecule has 32 heavy (non-hydrogen) atoms. The molecular weight excluding hydrogens is 457 g/mol. The molecule has 8 nitrogen and oxygen atoms in total. The summed E-state index contributed by atoms with van der Waals surface area (Å²) in [6.07, 6.45) is 4.83. The van der Waals surface area contributed by atoms with Crippen LogP contribution in [0.25, 0.3) is 0 Å². The maximum atomic E-state index is 13.4. The summed E-state index contributed by atoms with van der Waals surface area (Å²) < 4.78 is 14.9. The van der Waals surface area contributed by atoms with Crippen molar-refractivity contribution < 1.29 is 97.5 Å². The molecular formula is C21H27Na2O8P. The quantitative estimate of drug-likeness (QED) is 0.308. The molecule has 0 saturated heterocycles. The van der Waals surface area contributed by atoms with Gasteiger partial charge in [-0.15, -0.1) is 0 Å². The number of carbonyl (C=O) groups is 3. The Labute approximate surface area is 232 Å². The Morgan fingerprint density at radius 1 is 1.19 bits per heavy atom. The Morgan fingerprint density at radius 3 is 2.47 bits per heavy atom. The first kappa shape index (κ1) is 29.1. The molecule has 4 aliphatic carbocycles. The van der Waals surface area contributed by atoms with E-state index < -0.39 is 31.2 Å². The topological polar surface area (TPSA) is 144 Å². The van der Waals surface area contributed by atoms with Crippen LogP contribution >= 0.6 is 7.82 Å². The number of hydrogen-bond donors (Lipinski definition) is 1. The Kier molecular flexibility index (Phi) is 8.81. The van der Waals surface area contributed by atoms with Crippen LogP contribution in [0.3, 0.4) is 0 Å². The van der Waals surface area contributed by atoms with Crippen LogP contribution in [0, 0.1) is 28.6 Å². The molecule has 3 saturated carbocycles. The predicted octanol–water partition coefficient (Wildman–Crippen LogP) is -5.15. The van der Waals surface area contributed by atoms with Gasteiger partial charge in [-0.1, -0.05) is 19.4 Å². The van der Waals surface area contributed by atoms with Crippen LogP contribution in [0.5, 0.6) is 0 Å². The van der Waals surface area contributed by atoms with Crippen molar-refractivity contribution in [1.29, 1.82) is 0 Å². The van der Waals surface area contributed by atoms with Gasteiger partial charge in [0.05, 0.1) is 7.82 Å². The first-order valence-electron chi connectivity index (χ1n) is 10.5.